The van der Waals surface area contributed by atoms with Crippen molar-refractivity contribution in [2.75, 3.05) is 33.8 Å². The molecule has 6 nitrogen and oxygen atoms in total. The van der Waals surface area contributed by atoms with Gasteiger partial charge in [0.2, 0.25) is 0 Å². The molecule has 0 bridgehead atoms. The van der Waals surface area contributed by atoms with Gasteiger partial charge >= 0.3 is 0 Å². The van der Waals surface area contributed by atoms with Gasteiger partial charge in [-0.1, -0.05) is 0 Å². The largest absolute Gasteiger partial charge is 0.396 e. The number of nitrogens with one attached hydrogen (secondary N) is 1. The summed E-state index contributed by atoms with van der Waals surface area (Å²) in [7, 11) is 0.177. The van der Waals surface area contributed by atoms with Crippen molar-refractivity contribution < 1.29 is 13.5 Å². The van der Waals surface area contributed by atoms with Gasteiger partial charge in [-0.3, -0.25) is 0 Å². The molecule has 0 spiro atoms. The minimum atomic E-state index is -3.42. The minimum absolute atomic E-state index is 0.00508. The van der Waals surface area contributed by atoms with Crippen molar-refractivity contribution in [3.05, 3.63) is 0 Å². The van der Waals surface area contributed by atoms with E-state index in [1.54, 1.807) is 0 Å². The molecule has 1 saturated heterocycles. The number of hydrogen-bond acceptors (Lipinski definition) is 4. The van der Waals surface area contributed by atoms with Gasteiger partial charge in [0.1, 0.15) is 0 Å². The molecule has 1 heterocycles. The molecule has 1 fully saturated rings. The number of rotatable bonds is 6. The lowest BCUT2D eigenvalue weighted by molar-refractivity contribution is 0.177. The van der Waals surface area contributed by atoms with Crippen molar-refractivity contribution in [2.45, 2.75) is 38.3 Å². The molecule has 0 aromatic rings. The van der Waals surface area contributed by atoms with Crippen molar-refractivity contribution in [3.63, 3.8) is 0 Å². The predicted octanol–water partition coefficient (Wildman–Crippen LogP) is -0.382. The zero-order valence-electron chi connectivity index (χ0n) is 11.5. The number of piperidine rings is 1. The lowest BCUT2D eigenvalue weighted by Gasteiger charge is -2.35. The third-order valence-corrected chi connectivity index (χ3v) is 5.20. The zero-order chi connectivity index (χ0) is 13.8. The van der Waals surface area contributed by atoms with E-state index in [1.165, 1.54) is 11.4 Å². The average Bonchev–Trinajstić information content (AvgIpc) is 2.30. The molecule has 0 saturated carbocycles. The van der Waals surface area contributed by atoms with Gasteiger partial charge in [-0.2, -0.15) is 17.4 Å². The Morgan fingerprint density at radius 2 is 2.17 bits per heavy atom. The van der Waals surface area contributed by atoms with Gasteiger partial charge in [0, 0.05) is 32.3 Å². The predicted molar refractivity (Wildman–Crippen MR) is 71.5 cm³/mol. The van der Waals surface area contributed by atoms with Gasteiger partial charge in [-0.15, -0.1) is 0 Å². The Labute approximate surface area is 110 Å². The molecule has 18 heavy (non-hydrogen) atoms. The van der Waals surface area contributed by atoms with Gasteiger partial charge in [0.15, 0.2) is 0 Å². The topological polar surface area (TPSA) is 72.9 Å². The van der Waals surface area contributed by atoms with E-state index in [1.807, 2.05) is 0 Å². The first-order valence-electron chi connectivity index (χ1n) is 6.41. The highest BCUT2D eigenvalue weighted by Gasteiger charge is 2.27. The van der Waals surface area contributed by atoms with Gasteiger partial charge in [-0.25, -0.2) is 0 Å². The van der Waals surface area contributed by atoms with Crippen LogP contribution < -0.4 is 4.72 Å². The number of aliphatic hydroxyl groups excluding tert-OH is 1. The van der Waals surface area contributed by atoms with Crippen molar-refractivity contribution >= 4 is 10.2 Å². The first-order chi connectivity index (χ1) is 8.36. The maximum Gasteiger partial charge on any atom is 0.279 e. The first-order valence-corrected chi connectivity index (χ1v) is 7.85. The zero-order valence-corrected chi connectivity index (χ0v) is 12.3. The van der Waals surface area contributed by atoms with Crippen LogP contribution in [0.3, 0.4) is 0 Å². The Morgan fingerprint density at radius 3 is 2.72 bits per heavy atom. The number of aliphatic hydroxyl groups is 1. The Hall–Kier alpha value is -0.210. The average molecular weight is 279 g/mol. The Morgan fingerprint density at radius 1 is 1.50 bits per heavy atom. The molecular weight excluding hydrogens is 254 g/mol. The van der Waals surface area contributed by atoms with Crippen LogP contribution in [0.5, 0.6) is 0 Å². The van der Waals surface area contributed by atoms with Crippen LogP contribution in [0, 0.1) is 0 Å². The molecule has 0 aliphatic carbocycles. The minimum Gasteiger partial charge on any atom is -0.396 e. The van der Waals surface area contributed by atoms with Gasteiger partial charge in [0.05, 0.1) is 0 Å². The molecule has 0 aromatic heterocycles. The highest BCUT2D eigenvalue weighted by Crippen LogP contribution is 2.16. The monoisotopic (exact) mass is 279 g/mol. The SMILES string of the molecule is CC1CC(NS(=O)(=O)N(C)CCCO)CCN1C. The van der Waals surface area contributed by atoms with E-state index in [0.29, 0.717) is 19.0 Å². The molecule has 0 radical (unpaired) electrons. The standard InChI is InChI=1S/C11H25N3O3S/c1-10-9-11(5-7-13(10)2)12-18(16,17)14(3)6-4-8-15/h10-12,15H,4-9H2,1-3H3. The second-order valence-electron chi connectivity index (χ2n) is 5.07. The van der Waals surface area contributed by atoms with E-state index in [0.717, 1.165) is 19.4 Å². The Kier molecular flexibility index (Phi) is 6.00. The molecule has 0 aromatic carbocycles. The molecular formula is C11H25N3O3S. The molecule has 2 unspecified atom stereocenters. The summed E-state index contributed by atoms with van der Waals surface area (Å²) in [6.07, 6.45) is 2.14. The summed E-state index contributed by atoms with van der Waals surface area (Å²) in [5.74, 6) is 0. The Balaban J connectivity index is 2.50. The van der Waals surface area contributed by atoms with Crippen LogP contribution in [0.25, 0.3) is 0 Å². The van der Waals surface area contributed by atoms with E-state index < -0.39 is 10.2 Å². The molecule has 1 aliphatic heterocycles. The van der Waals surface area contributed by atoms with E-state index in [4.69, 9.17) is 5.11 Å². The smallest absolute Gasteiger partial charge is 0.279 e. The van der Waals surface area contributed by atoms with Gasteiger partial charge in [0.25, 0.3) is 10.2 Å². The summed E-state index contributed by atoms with van der Waals surface area (Å²) >= 11 is 0. The molecule has 2 atom stereocenters. The van der Waals surface area contributed by atoms with Crippen LogP contribution in [0.4, 0.5) is 0 Å². The third-order valence-electron chi connectivity index (χ3n) is 3.57. The lowest BCUT2D eigenvalue weighted by Crippen LogP contribution is -2.50. The van der Waals surface area contributed by atoms with Crippen molar-refractivity contribution in [3.8, 4) is 0 Å². The summed E-state index contributed by atoms with van der Waals surface area (Å²) in [4.78, 5) is 2.24. The summed E-state index contributed by atoms with van der Waals surface area (Å²) in [5, 5.41) is 8.72. The van der Waals surface area contributed by atoms with E-state index in [2.05, 4.69) is 23.6 Å². The number of nitrogens with zero attached hydrogens (tertiary/aromatic N) is 2. The van der Waals surface area contributed by atoms with Crippen molar-refractivity contribution in [1.29, 1.82) is 0 Å². The summed E-state index contributed by atoms with van der Waals surface area (Å²) in [5.41, 5.74) is 0. The molecule has 108 valence electrons. The fraction of sp³-hybridized carbons (Fsp3) is 1.00. The maximum atomic E-state index is 12.0. The molecule has 7 heteroatoms. The Bertz CT molecular complexity index is 347. The molecule has 2 N–H and O–H groups in total. The summed E-state index contributed by atoms with van der Waals surface area (Å²) in [6, 6.07) is 0.409. The van der Waals surface area contributed by atoms with Crippen molar-refractivity contribution in [1.82, 2.24) is 13.9 Å². The van der Waals surface area contributed by atoms with E-state index in [-0.39, 0.29) is 12.6 Å². The highest BCUT2D eigenvalue weighted by atomic mass is 32.2. The van der Waals surface area contributed by atoms with Crippen LogP contribution in [-0.2, 0) is 10.2 Å². The first kappa shape index (κ1) is 15.8. The van der Waals surface area contributed by atoms with Crippen molar-refractivity contribution in [2.24, 2.45) is 0 Å². The van der Waals surface area contributed by atoms with Gasteiger partial charge in [-0.05, 0) is 39.8 Å². The van der Waals surface area contributed by atoms with Crippen LogP contribution in [-0.4, -0.2) is 68.6 Å². The van der Waals surface area contributed by atoms with Gasteiger partial charge < -0.3 is 10.0 Å². The number of hydrogen-bond donors (Lipinski definition) is 2. The van der Waals surface area contributed by atoms with E-state index >= 15 is 0 Å². The van der Waals surface area contributed by atoms with Crippen LogP contribution >= 0.6 is 0 Å². The molecule has 1 aliphatic rings. The van der Waals surface area contributed by atoms with Crippen LogP contribution in [0.15, 0.2) is 0 Å². The third kappa shape index (κ3) is 4.47. The summed E-state index contributed by atoms with van der Waals surface area (Å²) in [6.45, 7) is 3.36. The number of likely N-dealkylation sites (tertiary alicyclic amines) is 1. The van der Waals surface area contributed by atoms with Crippen LogP contribution in [0.2, 0.25) is 0 Å². The normalized spacial score (nSPS) is 26.7. The summed E-state index contributed by atoms with van der Waals surface area (Å²) < 4.78 is 28.0. The second kappa shape index (κ2) is 6.81. The second-order valence-corrected chi connectivity index (χ2v) is 6.88. The molecule has 0 amide bonds. The van der Waals surface area contributed by atoms with Crippen LogP contribution in [0.1, 0.15) is 26.2 Å². The van der Waals surface area contributed by atoms with E-state index in [9.17, 15) is 8.42 Å². The quantitative estimate of drug-likeness (QED) is 0.695. The lowest BCUT2D eigenvalue weighted by atomic mass is 10.0. The fourth-order valence-electron chi connectivity index (χ4n) is 2.11. The fourth-order valence-corrected chi connectivity index (χ4v) is 3.30. The molecule has 1 rings (SSSR count). The highest BCUT2D eigenvalue weighted by molar-refractivity contribution is 7.87. The maximum absolute atomic E-state index is 12.0.